The first-order valence-electron chi connectivity index (χ1n) is 4.84. The molecule has 0 heterocycles. The SMILES string of the molecule is CC(C)c1ccc(C(F)(F)F)c(C(F)F)c1F. The van der Waals surface area contributed by atoms with Crippen LogP contribution in [0.4, 0.5) is 26.3 Å². The van der Waals surface area contributed by atoms with E-state index in [4.69, 9.17) is 0 Å². The predicted molar refractivity (Wildman–Crippen MR) is 50.4 cm³/mol. The highest BCUT2D eigenvalue weighted by Gasteiger charge is 2.38. The Balaban J connectivity index is 3.51. The van der Waals surface area contributed by atoms with Gasteiger partial charge in [-0.2, -0.15) is 13.2 Å². The second-order valence-corrected chi connectivity index (χ2v) is 3.88. The van der Waals surface area contributed by atoms with Crippen LogP contribution in [0.2, 0.25) is 0 Å². The number of alkyl halides is 5. The van der Waals surface area contributed by atoms with E-state index in [0.29, 0.717) is 6.07 Å². The number of rotatable bonds is 2. The van der Waals surface area contributed by atoms with Crippen LogP contribution in [-0.2, 0) is 6.18 Å². The summed E-state index contributed by atoms with van der Waals surface area (Å²) in [6.45, 7) is 3.03. The molecule has 0 radical (unpaired) electrons. The second kappa shape index (κ2) is 4.58. The van der Waals surface area contributed by atoms with E-state index in [1.165, 1.54) is 13.8 Å². The van der Waals surface area contributed by atoms with Crippen molar-refractivity contribution in [2.24, 2.45) is 0 Å². The van der Waals surface area contributed by atoms with Crippen molar-refractivity contribution in [2.45, 2.75) is 32.4 Å². The van der Waals surface area contributed by atoms with Gasteiger partial charge in [0.2, 0.25) is 0 Å². The van der Waals surface area contributed by atoms with Gasteiger partial charge in [-0.15, -0.1) is 0 Å². The summed E-state index contributed by atoms with van der Waals surface area (Å²) < 4.78 is 75.9. The molecular weight excluding hydrogens is 246 g/mol. The first-order chi connectivity index (χ1) is 7.66. The molecule has 0 spiro atoms. The highest BCUT2D eigenvalue weighted by Crippen LogP contribution is 2.39. The topological polar surface area (TPSA) is 0 Å². The Hall–Kier alpha value is -1.20. The molecule has 0 saturated heterocycles. The molecule has 0 aliphatic heterocycles. The quantitative estimate of drug-likeness (QED) is 0.660. The third-order valence-electron chi connectivity index (χ3n) is 2.36. The summed E-state index contributed by atoms with van der Waals surface area (Å²) in [7, 11) is 0. The van der Waals surface area contributed by atoms with Crippen LogP contribution in [0.3, 0.4) is 0 Å². The molecular formula is C11H10F6. The van der Waals surface area contributed by atoms with E-state index in [1.54, 1.807) is 0 Å². The van der Waals surface area contributed by atoms with Crippen molar-refractivity contribution >= 4 is 0 Å². The summed E-state index contributed by atoms with van der Waals surface area (Å²) >= 11 is 0. The molecule has 17 heavy (non-hydrogen) atoms. The molecule has 0 aromatic heterocycles. The van der Waals surface area contributed by atoms with E-state index in [1.807, 2.05) is 0 Å². The van der Waals surface area contributed by atoms with Crippen molar-refractivity contribution in [3.8, 4) is 0 Å². The highest BCUT2D eigenvalue weighted by atomic mass is 19.4. The van der Waals surface area contributed by atoms with E-state index in [-0.39, 0.29) is 5.56 Å². The average Bonchev–Trinajstić information content (AvgIpc) is 2.14. The zero-order valence-corrected chi connectivity index (χ0v) is 9.08. The summed E-state index contributed by atoms with van der Waals surface area (Å²) in [5.74, 6) is -1.93. The Morgan fingerprint density at radius 1 is 1.06 bits per heavy atom. The molecule has 6 heteroatoms. The minimum atomic E-state index is -4.98. The lowest BCUT2D eigenvalue weighted by Crippen LogP contribution is -2.13. The fourth-order valence-corrected chi connectivity index (χ4v) is 1.52. The maximum Gasteiger partial charge on any atom is 0.416 e. The molecule has 1 rings (SSSR count). The van der Waals surface area contributed by atoms with Crippen LogP contribution in [-0.4, -0.2) is 0 Å². The Morgan fingerprint density at radius 2 is 1.59 bits per heavy atom. The zero-order chi connectivity index (χ0) is 13.4. The van der Waals surface area contributed by atoms with Gasteiger partial charge in [-0.1, -0.05) is 19.9 Å². The Labute approximate surface area is 94.2 Å². The normalized spacial score (nSPS) is 12.6. The second-order valence-electron chi connectivity index (χ2n) is 3.88. The summed E-state index contributed by atoms with van der Waals surface area (Å²) in [5.41, 5.74) is -3.33. The van der Waals surface area contributed by atoms with Gasteiger partial charge < -0.3 is 0 Å². The molecule has 1 aromatic rings. The highest BCUT2D eigenvalue weighted by molar-refractivity contribution is 5.38. The Morgan fingerprint density at radius 3 is 1.94 bits per heavy atom. The molecule has 0 atom stereocenters. The monoisotopic (exact) mass is 256 g/mol. The smallest absolute Gasteiger partial charge is 0.206 e. The van der Waals surface area contributed by atoms with Crippen molar-refractivity contribution in [3.63, 3.8) is 0 Å². The van der Waals surface area contributed by atoms with Crippen LogP contribution in [0, 0.1) is 5.82 Å². The fraction of sp³-hybridized carbons (Fsp3) is 0.455. The van der Waals surface area contributed by atoms with Crippen molar-refractivity contribution < 1.29 is 26.3 Å². The van der Waals surface area contributed by atoms with Gasteiger partial charge in [0.1, 0.15) is 5.82 Å². The summed E-state index contributed by atoms with van der Waals surface area (Å²) in [4.78, 5) is 0. The molecule has 0 N–H and O–H groups in total. The van der Waals surface area contributed by atoms with Crippen LogP contribution in [0.15, 0.2) is 12.1 Å². The Kier molecular flexibility index (Phi) is 3.74. The van der Waals surface area contributed by atoms with Crippen molar-refractivity contribution in [1.29, 1.82) is 0 Å². The lowest BCUT2D eigenvalue weighted by Gasteiger charge is -2.16. The van der Waals surface area contributed by atoms with E-state index >= 15 is 0 Å². The lowest BCUT2D eigenvalue weighted by atomic mass is 9.96. The summed E-state index contributed by atoms with van der Waals surface area (Å²) in [6, 6.07) is 1.40. The molecule has 0 saturated carbocycles. The third kappa shape index (κ3) is 2.73. The van der Waals surface area contributed by atoms with Gasteiger partial charge in [-0.25, -0.2) is 13.2 Å². The molecule has 0 bridgehead atoms. The van der Waals surface area contributed by atoms with Gasteiger partial charge in [-0.3, -0.25) is 0 Å². The molecule has 0 aliphatic rings. The number of hydrogen-bond acceptors (Lipinski definition) is 0. The Bertz CT molecular complexity index is 405. The maximum absolute atomic E-state index is 13.6. The zero-order valence-electron chi connectivity index (χ0n) is 9.08. The van der Waals surface area contributed by atoms with Crippen molar-refractivity contribution in [2.75, 3.05) is 0 Å². The minimum Gasteiger partial charge on any atom is -0.206 e. The molecule has 1 aromatic carbocycles. The molecule has 0 amide bonds. The van der Waals surface area contributed by atoms with Gasteiger partial charge in [0, 0.05) is 0 Å². The van der Waals surface area contributed by atoms with Gasteiger partial charge in [0.25, 0.3) is 6.43 Å². The number of benzene rings is 1. The molecule has 0 nitrogen and oxygen atoms in total. The molecule has 0 unspecified atom stereocenters. The van der Waals surface area contributed by atoms with Crippen LogP contribution >= 0.6 is 0 Å². The van der Waals surface area contributed by atoms with Crippen LogP contribution in [0.1, 0.15) is 42.9 Å². The van der Waals surface area contributed by atoms with Crippen LogP contribution < -0.4 is 0 Å². The van der Waals surface area contributed by atoms with E-state index < -0.39 is 35.5 Å². The first-order valence-corrected chi connectivity index (χ1v) is 4.84. The number of hydrogen-bond donors (Lipinski definition) is 0. The summed E-state index contributed by atoms with van der Waals surface area (Å²) in [5, 5.41) is 0. The number of halogens is 6. The lowest BCUT2D eigenvalue weighted by molar-refractivity contribution is -0.139. The van der Waals surface area contributed by atoms with Crippen LogP contribution in [0.5, 0.6) is 0 Å². The van der Waals surface area contributed by atoms with E-state index in [0.717, 1.165) is 6.07 Å². The van der Waals surface area contributed by atoms with Gasteiger partial charge >= 0.3 is 6.18 Å². The van der Waals surface area contributed by atoms with Gasteiger partial charge in [0.05, 0.1) is 11.1 Å². The maximum atomic E-state index is 13.6. The van der Waals surface area contributed by atoms with Gasteiger partial charge in [0.15, 0.2) is 0 Å². The first kappa shape index (κ1) is 13.9. The van der Waals surface area contributed by atoms with Crippen molar-refractivity contribution in [3.05, 3.63) is 34.6 Å². The van der Waals surface area contributed by atoms with E-state index in [9.17, 15) is 26.3 Å². The van der Waals surface area contributed by atoms with E-state index in [2.05, 4.69) is 0 Å². The predicted octanol–water partition coefficient (Wildman–Crippen LogP) is 4.91. The molecule has 0 fully saturated rings. The fourth-order valence-electron chi connectivity index (χ4n) is 1.52. The minimum absolute atomic E-state index is 0.145. The third-order valence-corrected chi connectivity index (χ3v) is 2.36. The van der Waals surface area contributed by atoms with Gasteiger partial charge in [-0.05, 0) is 17.5 Å². The average molecular weight is 256 g/mol. The molecule has 96 valence electrons. The largest absolute Gasteiger partial charge is 0.416 e. The molecule has 0 aliphatic carbocycles. The summed E-state index contributed by atoms with van der Waals surface area (Å²) in [6.07, 6.45) is -8.48. The van der Waals surface area contributed by atoms with Crippen molar-refractivity contribution in [1.82, 2.24) is 0 Å². The van der Waals surface area contributed by atoms with Crippen LogP contribution in [0.25, 0.3) is 0 Å². The standard InChI is InChI=1S/C11H10F6/c1-5(2)6-3-4-7(11(15,16)17)8(9(6)12)10(13)14/h3-5,10H,1-2H3.